The summed E-state index contributed by atoms with van der Waals surface area (Å²) < 4.78 is 10.7. The lowest BCUT2D eigenvalue weighted by Crippen LogP contribution is -2.47. The molecular weight excluding hydrogens is 258 g/mol. The summed E-state index contributed by atoms with van der Waals surface area (Å²) in [6, 6.07) is 0.464. The molecule has 3 unspecified atom stereocenters. The van der Waals surface area contributed by atoms with E-state index in [9.17, 15) is 4.79 Å². The van der Waals surface area contributed by atoms with Gasteiger partial charge in [0.15, 0.2) is 0 Å². The Morgan fingerprint density at radius 2 is 2.10 bits per heavy atom. The highest BCUT2D eigenvalue weighted by molar-refractivity contribution is 5.82. The molecule has 3 rings (SSSR count). The van der Waals surface area contributed by atoms with E-state index in [-0.39, 0.29) is 18.1 Å². The van der Waals surface area contributed by atoms with Gasteiger partial charge in [-0.15, -0.1) is 0 Å². The number of methoxy groups -OCH3 is 1. The lowest BCUT2D eigenvalue weighted by atomic mass is 10.2. The van der Waals surface area contributed by atoms with Gasteiger partial charge < -0.3 is 19.7 Å². The number of ether oxygens (including phenoxy) is 2. The van der Waals surface area contributed by atoms with Gasteiger partial charge in [-0.3, -0.25) is 9.69 Å². The van der Waals surface area contributed by atoms with Crippen LogP contribution in [0, 0.1) is 0 Å². The third-order valence-corrected chi connectivity index (χ3v) is 4.76. The predicted molar refractivity (Wildman–Crippen MR) is 74.6 cm³/mol. The second kappa shape index (κ2) is 6.39. The molecule has 0 aromatic heterocycles. The van der Waals surface area contributed by atoms with Crippen molar-refractivity contribution in [1.82, 2.24) is 15.1 Å². The first-order chi connectivity index (χ1) is 9.78. The minimum absolute atomic E-state index is 0.0524. The molecule has 0 aliphatic carbocycles. The van der Waals surface area contributed by atoms with Crippen LogP contribution in [0.2, 0.25) is 0 Å². The summed E-state index contributed by atoms with van der Waals surface area (Å²) in [6.07, 6.45) is 2.07. The zero-order chi connectivity index (χ0) is 13.9. The molecule has 0 saturated carbocycles. The molecule has 1 N–H and O–H groups in total. The van der Waals surface area contributed by atoms with Gasteiger partial charge in [-0.1, -0.05) is 0 Å². The number of hydrogen-bond donors (Lipinski definition) is 1. The molecule has 6 heteroatoms. The zero-order valence-corrected chi connectivity index (χ0v) is 12.2. The first kappa shape index (κ1) is 14.3. The van der Waals surface area contributed by atoms with Crippen molar-refractivity contribution in [3.8, 4) is 0 Å². The van der Waals surface area contributed by atoms with E-state index in [2.05, 4.69) is 10.2 Å². The summed E-state index contributed by atoms with van der Waals surface area (Å²) in [5.74, 6) is 0.250. The second-order valence-electron chi connectivity index (χ2n) is 5.93. The Hall–Kier alpha value is -0.690. The van der Waals surface area contributed by atoms with Gasteiger partial charge in [-0.05, 0) is 12.8 Å². The number of rotatable bonds is 3. The number of hydrogen-bond acceptors (Lipinski definition) is 5. The number of morpholine rings is 1. The summed E-state index contributed by atoms with van der Waals surface area (Å²) in [5.41, 5.74) is 0. The minimum atomic E-state index is -0.0524. The van der Waals surface area contributed by atoms with Crippen molar-refractivity contribution in [2.75, 3.05) is 53.0 Å². The minimum Gasteiger partial charge on any atom is -0.380 e. The van der Waals surface area contributed by atoms with Crippen LogP contribution in [0.3, 0.4) is 0 Å². The Morgan fingerprint density at radius 1 is 1.30 bits per heavy atom. The summed E-state index contributed by atoms with van der Waals surface area (Å²) in [4.78, 5) is 17.0. The number of nitrogens with zero attached hydrogens (tertiary/aromatic N) is 2. The smallest absolute Gasteiger partial charge is 0.239 e. The Morgan fingerprint density at radius 3 is 2.80 bits per heavy atom. The molecule has 3 aliphatic rings. The van der Waals surface area contributed by atoms with E-state index in [1.165, 1.54) is 0 Å². The Balaban J connectivity index is 1.50. The van der Waals surface area contributed by atoms with E-state index in [0.29, 0.717) is 6.04 Å². The highest BCUT2D eigenvalue weighted by Gasteiger charge is 2.37. The third-order valence-electron chi connectivity index (χ3n) is 4.76. The Labute approximate surface area is 120 Å². The molecule has 3 fully saturated rings. The maximum atomic E-state index is 12.5. The van der Waals surface area contributed by atoms with Crippen molar-refractivity contribution in [3.05, 3.63) is 0 Å². The lowest BCUT2D eigenvalue weighted by molar-refractivity contribution is -0.132. The predicted octanol–water partition coefficient (Wildman–Crippen LogP) is -0.704. The molecule has 0 bridgehead atoms. The maximum absolute atomic E-state index is 12.5. The Bertz CT molecular complexity index is 347. The number of carbonyl (C=O) groups excluding carboxylic acids is 1. The SMILES string of the molecule is COC1CNC(C(=O)N2CCC(N3CCOCC3)C2)C1. The molecule has 0 radical (unpaired) electrons. The molecule has 0 aromatic rings. The largest absolute Gasteiger partial charge is 0.380 e. The highest BCUT2D eigenvalue weighted by Crippen LogP contribution is 2.20. The standard InChI is InChI=1S/C14H25N3O3/c1-19-12-8-13(15-9-12)14(18)17-3-2-11(10-17)16-4-6-20-7-5-16/h11-13,15H,2-10H2,1H3. The van der Waals surface area contributed by atoms with Crippen molar-refractivity contribution in [2.24, 2.45) is 0 Å². The van der Waals surface area contributed by atoms with E-state index in [4.69, 9.17) is 9.47 Å². The van der Waals surface area contributed by atoms with Gasteiger partial charge in [0.05, 0.1) is 25.4 Å². The molecule has 0 aromatic carbocycles. The molecule has 20 heavy (non-hydrogen) atoms. The maximum Gasteiger partial charge on any atom is 0.239 e. The molecule has 3 aliphatic heterocycles. The van der Waals surface area contributed by atoms with Gasteiger partial charge in [0.25, 0.3) is 0 Å². The van der Waals surface area contributed by atoms with Crippen LogP contribution in [0.4, 0.5) is 0 Å². The normalized spacial score (nSPS) is 35.6. The van der Waals surface area contributed by atoms with Crippen molar-refractivity contribution in [3.63, 3.8) is 0 Å². The van der Waals surface area contributed by atoms with Gasteiger partial charge in [-0.2, -0.15) is 0 Å². The van der Waals surface area contributed by atoms with Crippen molar-refractivity contribution in [2.45, 2.75) is 31.0 Å². The van der Waals surface area contributed by atoms with E-state index >= 15 is 0 Å². The first-order valence-electron chi connectivity index (χ1n) is 7.64. The zero-order valence-electron chi connectivity index (χ0n) is 12.2. The van der Waals surface area contributed by atoms with E-state index in [0.717, 1.165) is 58.8 Å². The molecule has 6 nitrogen and oxygen atoms in total. The fraction of sp³-hybridized carbons (Fsp3) is 0.929. The van der Waals surface area contributed by atoms with E-state index < -0.39 is 0 Å². The summed E-state index contributed by atoms with van der Waals surface area (Å²) in [6.45, 7) is 6.19. The summed E-state index contributed by atoms with van der Waals surface area (Å²) in [7, 11) is 1.71. The van der Waals surface area contributed by atoms with Crippen LogP contribution in [0.25, 0.3) is 0 Å². The van der Waals surface area contributed by atoms with Crippen LogP contribution in [0.15, 0.2) is 0 Å². The molecule has 1 amide bonds. The number of nitrogens with one attached hydrogen (secondary N) is 1. The van der Waals surface area contributed by atoms with Crippen molar-refractivity contribution in [1.29, 1.82) is 0 Å². The van der Waals surface area contributed by atoms with Crippen LogP contribution in [0.1, 0.15) is 12.8 Å². The summed E-state index contributed by atoms with van der Waals surface area (Å²) >= 11 is 0. The fourth-order valence-corrected chi connectivity index (χ4v) is 3.47. The van der Waals surface area contributed by atoms with Crippen molar-refractivity contribution < 1.29 is 14.3 Å². The second-order valence-corrected chi connectivity index (χ2v) is 5.93. The van der Waals surface area contributed by atoms with Gasteiger partial charge in [0.1, 0.15) is 0 Å². The van der Waals surface area contributed by atoms with Crippen LogP contribution >= 0.6 is 0 Å². The van der Waals surface area contributed by atoms with Crippen LogP contribution in [-0.4, -0.2) is 86.9 Å². The van der Waals surface area contributed by atoms with Gasteiger partial charge in [0, 0.05) is 45.9 Å². The van der Waals surface area contributed by atoms with Crippen LogP contribution in [0.5, 0.6) is 0 Å². The number of carbonyl (C=O) groups is 1. The molecule has 0 spiro atoms. The average Bonchev–Trinajstić information content (AvgIpc) is 3.17. The first-order valence-corrected chi connectivity index (χ1v) is 7.64. The molecule has 3 saturated heterocycles. The molecule has 3 heterocycles. The Kier molecular flexibility index (Phi) is 4.55. The fourth-order valence-electron chi connectivity index (χ4n) is 3.47. The van der Waals surface area contributed by atoms with E-state index in [1.807, 2.05) is 4.90 Å². The quantitative estimate of drug-likeness (QED) is 0.742. The number of amides is 1. The number of likely N-dealkylation sites (tertiary alicyclic amines) is 1. The third kappa shape index (κ3) is 2.98. The van der Waals surface area contributed by atoms with Gasteiger partial charge in [0.2, 0.25) is 5.91 Å². The average molecular weight is 283 g/mol. The van der Waals surface area contributed by atoms with Crippen LogP contribution < -0.4 is 5.32 Å². The highest BCUT2D eigenvalue weighted by atomic mass is 16.5. The van der Waals surface area contributed by atoms with E-state index in [1.54, 1.807) is 7.11 Å². The molecule has 114 valence electrons. The van der Waals surface area contributed by atoms with Gasteiger partial charge >= 0.3 is 0 Å². The molecule has 3 atom stereocenters. The topological polar surface area (TPSA) is 54.0 Å². The van der Waals surface area contributed by atoms with Crippen LogP contribution in [-0.2, 0) is 14.3 Å². The lowest BCUT2D eigenvalue weighted by Gasteiger charge is -2.32. The van der Waals surface area contributed by atoms with Crippen molar-refractivity contribution >= 4 is 5.91 Å². The van der Waals surface area contributed by atoms with Gasteiger partial charge in [-0.25, -0.2) is 0 Å². The molecular formula is C14H25N3O3. The summed E-state index contributed by atoms with van der Waals surface area (Å²) in [5, 5.41) is 3.28. The monoisotopic (exact) mass is 283 g/mol.